The summed E-state index contributed by atoms with van der Waals surface area (Å²) < 4.78 is 5.39. The summed E-state index contributed by atoms with van der Waals surface area (Å²) in [6.45, 7) is 6.24. The van der Waals surface area contributed by atoms with Crippen LogP contribution in [-0.2, 0) is 6.42 Å². The first-order chi connectivity index (χ1) is 8.26. The number of methoxy groups -OCH3 is 1. The van der Waals surface area contributed by atoms with Crippen molar-refractivity contribution in [1.29, 1.82) is 5.26 Å². The Morgan fingerprint density at radius 3 is 2.53 bits per heavy atom. The second-order valence-electron chi connectivity index (χ2n) is 3.83. The van der Waals surface area contributed by atoms with Crippen molar-refractivity contribution in [2.45, 2.75) is 26.7 Å². The second-order valence-corrected chi connectivity index (χ2v) is 3.83. The maximum Gasteiger partial charge on any atom is 0.124 e. The van der Waals surface area contributed by atoms with E-state index in [4.69, 9.17) is 10.00 Å². The molecule has 0 bridgehead atoms. The molecular weight excluding hydrogens is 212 g/mol. The number of anilines is 1. The van der Waals surface area contributed by atoms with Gasteiger partial charge < -0.3 is 9.64 Å². The molecule has 3 nitrogen and oxygen atoms in total. The summed E-state index contributed by atoms with van der Waals surface area (Å²) in [5.41, 5.74) is 2.28. The van der Waals surface area contributed by atoms with Crippen LogP contribution < -0.4 is 9.64 Å². The highest BCUT2D eigenvalue weighted by Gasteiger charge is 2.07. The van der Waals surface area contributed by atoms with Crippen LogP contribution in [0.3, 0.4) is 0 Å². The van der Waals surface area contributed by atoms with Crippen molar-refractivity contribution in [1.82, 2.24) is 0 Å². The molecule has 0 heterocycles. The highest BCUT2D eigenvalue weighted by Crippen LogP contribution is 2.26. The molecule has 0 aliphatic carbocycles. The number of rotatable bonds is 6. The molecule has 0 fully saturated rings. The van der Waals surface area contributed by atoms with E-state index in [1.54, 1.807) is 7.11 Å². The fraction of sp³-hybridized carbons (Fsp3) is 0.500. The third-order valence-electron chi connectivity index (χ3n) is 2.91. The lowest BCUT2D eigenvalue weighted by molar-refractivity contribution is 0.409. The first-order valence-electron chi connectivity index (χ1n) is 6.05. The fourth-order valence-electron chi connectivity index (χ4n) is 1.92. The van der Waals surface area contributed by atoms with Crippen LogP contribution in [0.15, 0.2) is 18.2 Å². The standard InChI is InChI=1S/C14H20N2O/c1-4-16(5-2)13-9-8-12(7-6-10-15)14(11-13)17-3/h8-9,11H,4-7H2,1-3H3. The Kier molecular flexibility index (Phi) is 5.35. The smallest absolute Gasteiger partial charge is 0.124 e. The van der Waals surface area contributed by atoms with Gasteiger partial charge in [-0.3, -0.25) is 0 Å². The first kappa shape index (κ1) is 13.4. The van der Waals surface area contributed by atoms with E-state index in [0.717, 1.165) is 30.8 Å². The van der Waals surface area contributed by atoms with Crippen molar-refractivity contribution in [3.05, 3.63) is 23.8 Å². The normalized spacial score (nSPS) is 9.76. The molecule has 0 saturated heterocycles. The van der Waals surface area contributed by atoms with Gasteiger partial charge in [-0.25, -0.2) is 0 Å². The Labute approximate surface area is 104 Å². The second kappa shape index (κ2) is 6.80. The maximum absolute atomic E-state index is 8.61. The van der Waals surface area contributed by atoms with Crippen LogP contribution in [0.5, 0.6) is 5.75 Å². The minimum absolute atomic E-state index is 0.529. The quantitative estimate of drug-likeness (QED) is 0.756. The van der Waals surface area contributed by atoms with Crippen molar-refractivity contribution in [3.8, 4) is 11.8 Å². The molecule has 1 aromatic carbocycles. The van der Waals surface area contributed by atoms with Crippen molar-refractivity contribution in [2.75, 3.05) is 25.1 Å². The molecule has 0 aliphatic heterocycles. The molecule has 0 amide bonds. The number of aryl methyl sites for hydroxylation is 1. The van der Waals surface area contributed by atoms with E-state index < -0.39 is 0 Å². The van der Waals surface area contributed by atoms with Gasteiger partial charge in [-0.15, -0.1) is 0 Å². The topological polar surface area (TPSA) is 36.3 Å². The van der Waals surface area contributed by atoms with Gasteiger partial charge in [-0.05, 0) is 31.9 Å². The molecule has 0 aliphatic rings. The summed E-state index contributed by atoms with van der Waals surface area (Å²) in [5, 5.41) is 8.61. The number of nitriles is 1. The van der Waals surface area contributed by atoms with E-state index in [2.05, 4.69) is 43.0 Å². The summed E-state index contributed by atoms with van der Waals surface area (Å²) in [4.78, 5) is 2.27. The Morgan fingerprint density at radius 1 is 1.29 bits per heavy atom. The van der Waals surface area contributed by atoms with Gasteiger partial charge in [0.15, 0.2) is 0 Å². The first-order valence-corrected chi connectivity index (χ1v) is 6.05. The van der Waals surface area contributed by atoms with Crippen molar-refractivity contribution < 1.29 is 4.74 Å². The fourth-order valence-corrected chi connectivity index (χ4v) is 1.92. The van der Waals surface area contributed by atoms with Crippen LogP contribution >= 0.6 is 0 Å². The zero-order chi connectivity index (χ0) is 12.7. The number of hydrogen-bond donors (Lipinski definition) is 0. The van der Waals surface area contributed by atoms with Gasteiger partial charge in [0, 0.05) is 31.3 Å². The largest absolute Gasteiger partial charge is 0.496 e. The Hall–Kier alpha value is -1.69. The summed E-state index contributed by atoms with van der Waals surface area (Å²) >= 11 is 0. The lowest BCUT2D eigenvalue weighted by Crippen LogP contribution is -2.21. The van der Waals surface area contributed by atoms with Gasteiger partial charge in [-0.1, -0.05) is 6.07 Å². The van der Waals surface area contributed by atoms with Gasteiger partial charge >= 0.3 is 0 Å². The Bertz CT molecular complexity index is 392. The van der Waals surface area contributed by atoms with E-state index in [0.29, 0.717) is 6.42 Å². The predicted molar refractivity (Wildman–Crippen MR) is 70.5 cm³/mol. The van der Waals surface area contributed by atoms with Crippen LogP contribution in [-0.4, -0.2) is 20.2 Å². The van der Waals surface area contributed by atoms with Crippen LogP contribution in [0, 0.1) is 11.3 Å². The minimum Gasteiger partial charge on any atom is -0.496 e. The van der Waals surface area contributed by atoms with Crippen LogP contribution in [0.1, 0.15) is 25.8 Å². The molecule has 1 aromatic rings. The minimum atomic E-state index is 0.529. The SMILES string of the molecule is CCN(CC)c1ccc(CCC#N)c(OC)c1. The number of ether oxygens (including phenoxy) is 1. The molecule has 0 spiro atoms. The van der Waals surface area contributed by atoms with Crippen molar-refractivity contribution >= 4 is 5.69 Å². The lowest BCUT2D eigenvalue weighted by Gasteiger charge is -2.22. The monoisotopic (exact) mass is 232 g/mol. The van der Waals surface area contributed by atoms with E-state index in [1.807, 2.05) is 0 Å². The number of benzene rings is 1. The predicted octanol–water partition coefficient (Wildman–Crippen LogP) is 3.00. The molecule has 0 N–H and O–H groups in total. The third-order valence-corrected chi connectivity index (χ3v) is 2.91. The molecule has 1 rings (SSSR count). The van der Waals surface area contributed by atoms with Gasteiger partial charge in [0.2, 0.25) is 0 Å². The molecule has 92 valence electrons. The summed E-state index contributed by atoms with van der Waals surface area (Å²) in [6.07, 6.45) is 1.28. The zero-order valence-electron chi connectivity index (χ0n) is 10.9. The summed E-state index contributed by atoms with van der Waals surface area (Å²) in [7, 11) is 1.68. The van der Waals surface area contributed by atoms with E-state index in [1.165, 1.54) is 5.69 Å². The molecule has 17 heavy (non-hydrogen) atoms. The summed E-state index contributed by atoms with van der Waals surface area (Å²) in [6, 6.07) is 8.38. The molecule has 0 unspecified atom stereocenters. The highest BCUT2D eigenvalue weighted by molar-refractivity contribution is 5.53. The number of nitrogens with zero attached hydrogens (tertiary/aromatic N) is 2. The van der Waals surface area contributed by atoms with Crippen LogP contribution in [0.4, 0.5) is 5.69 Å². The van der Waals surface area contributed by atoms with E-state index in [9.17, 15) is 0 Å². The molecule has 0 saturated carbocycles. The Morgan fingerprint density at radius 2 is 2.00 bits per heavy atom. The number of hydrogen-bond acceptors (Lipinski definition) is 3. The molecule has 0 aromatic heterocycles. The third kappa shape index (κ3) is 3.39. The highest BCUT2D eigenvalue weighted by atomic mass is 16.5. The van der Waals surface area contributed by atoms with Gasteiger partial charge in [0.25, 0.3) is 0 Å². The van der Waals surface area contributed by atoms with Crippen molar-refractivity contribution in [3.63, 3.8) is 0 Å². The van der Waals surface area contributed by atoms with Gasteiger partial charge in [0.05, 0.1) is 13.2 Å². The van der Waals surface area contributed by atoms with E-state index in [-0.39, 0.29) is 0 Å². The van der Waals surface area contributed by atoms with Crippen LogP contribution in [0.25, 0.3) is 0 Å². The van der Waals surface area contributed by atoms with Crippen molar-refractivity contribution in [2.24, 2.45) is 0 Å². The van der Waals surface area contributed by atoms with Gasteiger partial charge in [0.1, 0.15) is 5.75 Å². The summed E-state index contributed by atoms with van der Waals surface area (Å²) in [5.74, 6) is 0.879. The average Bonchev–Trinajstić information content (AvgIpc) is 2.38. The molecule has 3 heteroatoms. The molecule has 0 radical (unpaired) electrons. The van der Waals surface area contributed by atoms with Gasteiger partial charge in [-0.2, -0.15) is 5.26 Å². The zero-order valence-corrected chi connectivity index (χ0v) is 10.9. The van der Waals surface area contributed by atoms with E-state index >= 15 is 0 Å². The lowest BCUT2D eigenvalue weighted by atomic mass is 10.1. The Balaban J connectivity index is 2.95. The maximum atomic E-state index is 8.61. The average molecular weight is 232 g/mol. The molecule has 0 atom stereocenters. The van der Waals surface area contributed by atoms with Crippen LogP contribution in [0.2, 0.25) is 0 Å². The molecular formula is C14H20N2O.